The van der Waals surface area contributed by atoms with E-state index in [1.54, 1.807) is 0 Å². The molecule has 0 atom stereocenters. The van der Waals surface area contributed by atoms with Crippen LogP contribution in [-0.2, 0) is 6.54 Å². The average Bonchev–Trinajstić information content (AvgIpc) is 2.29. The molecule has 1 aliphatic carbocycles. The average molecular weight is 348 g/mol. The molecule has 1 saturated carbocycles. The van der Waals surface area contributed by atoms with Gasteiger partial charge in [-0.2, -0.15) is 0 Å². The van der Waals surface area contributed by atoms with Gasteiger partial charge in [0, 0.05) is 27.7 Å². The SMILES string of the molecule is Brc1cnc(CNC2CCCCC2)c(Br)c1. The smallest absolute Gasteiger partial charge is 0.0684 e. The number of aromatic nitrogens is 1. The lowest BCUT2D eigenvalue weighted by molar-refractivity contribution is 0.370. The summed E-state index contributed by atoms with van der Waals surface area (Å²) in [6.45, 7) is 0.860. The molecule has 0 unspecified atom stereocenters. The van der Waals surface area contributed by atoms with Crippen LogP contribution in [0.5, 0.6) is 0 Å². The van der Waals surface area contributed by atoms with Gasteiger partial charge < -0.3 is 5.32 Å². The highest BCUT2D eigenvalue weighted by Crippen LogP contribution is 2.21. The first-order chi connectivity index (χ1) is 7.75. The summed E-state index contributed by atoms with van der Waals surface area (Å²) in [6, 6.07) is 2.73. The lowest BCUT2D eigenvalue weighted by Crippen LogP contribution is -2.30. The molecule has 1 N–H and O–H groups in total. The Morgan fingerprint density at radius 1 is 1.25 bits per heavy atom. The van der Waals surface area contributed by atoms with Gasteiger partial charge in [0.1, 0.15) is 0 Å². The van der Waals surface area contributed by atoms with Gasteiger partial charge in [-0.25, -0.2) is 0 Å². The molecule has 16 heavy (non-hydrogen) atoms. The zero-order chi connectivity index (χ0) is 11.4. The fraction of sp³-hybridized carbons (Fsp3) is 0.583. The zero-order valence-electron chi connectivity index (χ0n) is 9.18. The first kappa shape index (κ1) is 12.5. The van der Waals surface area contributed by atoms with Gasteiger partial charge in [-0.3, -0.25) is 4.98 Å². The van der Waals surface area contributed by atoms with Gasteiger partial charge in [0.25, 0.3) is 0 Å². The van der Waals surface area contributed by atoms with E-state index in [-0.39, 0.29) is 0 Å². The van der Waals surface area contributed by atoms with Gasteiger partial charge in [-0.15, -0.1) is 0 Å². The third-order valence-corrected chi connectivity index (χ3v) is 4.17. The van der Waals surface area contributed by atoms with Crippen LogP contribution in [0.3, 0.4) is 0 Å². The summed E-state index contributed by atoms with van der Waals surface area (Å²) in [5.74, 6) is 0. The van der Waals surface area contributed by atoms with Crippen LogP contribution >= 0.6 is 31.9 Å². The van der Waals surface area contributed by atoms with Gasteiger partial charge in [0.05, 0.1) is 5.69 Å². The van der Waals surface area contributed by atoms with Crippen molar-refractivity contribution >= 4 is 31.9 Å². The van der Waals surface area contributed by atoms with E-state index in [1.807, 2.05) is 12.3 Å². The Morgan fingerprint density at radius 3 is 2.69 bits per heavy atom. The van der Waals surface area contributed by atoms with Crippen molar-refractivity contribution in [2.45, 2.75) is 44.7 Å². The largest absolute Gasteiger partial charge is 0.308 e. The van der Waals surface area contributed by atoms with Gasteiger partial charge in [-0.05, 0) is 50.8 Å². The van der Waals surface area contributed by atoms with E-state index in [0.29, 0.717) is 6.04 Å². The standard InChI is InChI=1S/C12H16Br2N2/c13-9-6-11(14)12(16-7-9)8-15-10-4-2-1-3-5-10/h6-7,10,15H,1-5,8H2. The lowest BCUT2D eigenvalue weighted by Gasteiger charge is -2.22. The Morgan fingerprint density at radius 2 is 2.00 bits per heavy atom. The molecule has 1 fully saturated rings. The van der Waals surface area contributed by atoms with Crippen LogP contribution in [0.15, 0.2) is 21.2 Å². The molecule has 88 valence electrons. The zero-order valence-corrected chi connectivity index (χ0v) is 12.3. The number of halogens is 2. The highest BCUT2D eigenvalue weighted by Gasteiger charge is 2.13. The topological polar surface area (TPSA) is 24.9 Å². The maximum absolute atomic E-state index is 4.41. The maximum atomic E-state index is 4.41. The summed E-state index contributed by atoms with van der Waals surface area (Å²) in [5, 5.41) is 3.59. The van der Waals surface area contributed by atoms with Crippen LogP contribution in [-0.4, -0.2) is 11.0 Å². The predicted molar refractivity (Wildman–Crippen MR) is 73.3 cm³/mol. The van der Waals surface area contributed by atoms with E-state index in [0.717, 1.165) is 21.2 Å². The Kier molecular flexibility index (Phi) is 4.79. The fourth-order valence-electron chi connectivity index (χ4n) is 2.12. The summed E-state index contributed by atoms with van der Waals surface area (Å²) in [7, 11) is 0. The summed E-state index contributed by atoms with van der Waals surface area (Å²) in [4.78, 5) is 4.41. The van der Waals surface area contributed by atoms with Crippen molar-refractivity contribution in [2.75, 3.05) is 0 Å². The summed E-state index contributed by atoms with van der Waals surface area (Å²) in [6.07, 6.45) is 8.61. The van der Waals surface area contributed by atoms with Gasteiger partial charge >= 0.3 is 0 Å². The van der Waals surface area contributed by atoms with E-state index in [1.165, 1.54) is 32.1 Å². The molecule has 0 spiro atoms. The predicted octanol–water partition coefficient (Wildman–Crippen LogP) is 4.03. The van der Waals surface area contributed by atoms with Gasteiger partial charge in [-0.1, -0.05) is 19.3 Å². The molecule has 0 radical (unpaired) electrons. The molecule has 2 nitrogen and oxygen atoms in total. The number of nitrogens with zero attached hydrogens (tertiary/aromatic N) is 1. The minimum Gasteiger partial charge on any atom is -0.308 e. The lowest BCUT2D eigenvalue weighted by atomic mass is 9.95. The molecule has 0 saturated heterocycles. The number of hydrogen-bond donors (Lipinski definition) is 1. The van der Waals surface area contributed by atoms with Gasteiger partial charge in [0.15, 0.2) is 0 Å². The second-order valence-corrected chi connectivity index (χ2v) is 6.07. The molecule has 0 aliphatic heterocycles. The Labute approximate surface area is 113 Å². The van der Waals surface area contributed by atoms with Crippen molar-refractivity contribution in [3.8, 4) is 0 Å². The van der Waals surface area contributed by atoms with Crippen molar-refractivity contribution in [3.05, 3.63) is 26.9 Å². The van der Waals surface area contributed by atoms with Crippen LogP contribution in [0.2, 0.25) is 0 Å². The van der Waals surface area contributed by atoms with E-state index < -0.39 is 0 Å². The summed E-state index contributed by atoms with van der Waals surface area (Å²) in [5.41, 5.74) is 1.09. The van der Waals surface area contributed by atoms with Crippen LogP contribution in [0.1, 0.15) is 37.8 Å². The Bertz CT molecular complexity index is 349. The normalized spacial score (nSPS) is 17.6. The quantitative estimate of drug-likeness (QED) is 0.892. The molecule has 0 amide bonds. The molecule has 4 heteroatoms. The first-order valence-electron chi connectivity index (χ1n) is 5.79. The van der Waals surface area contributed by atoms with Crippen molar-refractivity contribution in [2.24, 2.45) is 0 Å². The van der Waals surface area contributed by atoms with E-state index in [9.17, 15) is 0 Å². The molecule has 2 rings (SSSR count). The number of hydrogen-bond acceptors (Lipinski definition) is 2. The monoisotopic (exact) mass is 346 g/mol. The summed E-state index contributed by atoms with van der Waals surface area (Å²) >= 11 is 6.95. The first-order valence-corrected chi connectivity index (χ1v) is 7.37. The molecule has 0 bridgehead atoms. The van der Waals surface area contributed by atoms with Crippen LogP contribution in [0.4, 0.5) is 0 Å². The molecule has 0 aromatic carbocycles. The van der Waals surface area contributed by atoms with Crippen molar-refractivity contribution in [1.82, 2.24) is 10.3 Å². The minimum atomic E-state index is 0.686. The van der Waals surface area contributed by atoms with Gasteiger partial charge in [0.2, 0.25) is 0 Å². The third-order valence-electron chi connectivity index (χ3n) is 3.05. The maximum Gasteiger partial charge on any atom is 0.0684 e. The number of rotatable bonds is 3. The van der Waals surface area contributed by atoms with Crippen molar-refractivity contribution in [3.63, 3.8) is 0 Å². The van der Waals surface area contributed by atoms with E-state index in [2.05, 4.69) is 42.2 Å². The number of pyridine rings is 1. The molecular weight excluding hydrogens is 332 g/mol. The molecule has 1 aliphatic rings. The Balaban J connectivity index is 1.88. The molecular formula is C12H16Br2N2. The highest BCUT2D eigenvalue weighted by molar-refractivity contribution is 9.11. The second-order valence-electron chi connectivity index (χ2n) is 4.30. The minimum absolute atomic E-state index is 0.686. The fourth-order valence-corrected chi connectivity index (χ4v) is 3.25. The third kappa shape index (κ3) is 3.54. The highest BCUT2D eigenvalue weighted by atomic mass is 79.9. The van der Waals surface area contributed by atoms with Crippen molar-refractivity contribution < 1.29 is 0 Å². The van der Waals surface area contributed by atoms with E-state index >= 15 is 0 Å². The van der Waals surface area contributed by atoms with Crippen LogP contribution in [0, 0.1) is 0 Å². The van der Waals surface area contributed by atoms with Crippen molar-refractivity contribution in [1.29, 1.82) is 0 Å². The number of nitrogens with one attached hydrogen (secondary N) is 1. The molecule has 1 aromatic rings. The van der Waals surface area contributed by atoms with Crippen LogP contribution in [0.25, 0.3) is 0 Å². The Hall–Kier alpha value is 0.0700. The second kappa shape index (κ2) is 6.12. The van der Waals surface area contributed by atoms with E-state index in [4.69, 9.17) is 0 Å². The molecule has 1 heterocycles. The molecule has 1 aromatic heterocycles. The summed E-state index contributed by atoms with van der Waals surface area (Å²) < 4.78 is 2.09. The van der Waals surface area contributed by atoms with Crippen LogP contribution < -0.4 is 5.32 Å².